The predicted octanol–water partition coefficient (Wildman–Crippen LogP) is 6.65. The van der Waals surface area contributed by atoms with Gasteiger partial charge in [0.15, 0.2) is 0 Å². The van der Waals surface area contributed by atoms with Crippen molar-refractivity contribution in [2.24, 2.45) is 5.41 Å². The quantitative estimate of drug-likeness (QED) is 0.432. The molecule has 1 fully saturated rings. The van der Waals surface area contributed by atoms with Crippen molar-refractivity contribution in [3.8, 4) is 0 Å². The molecular formula is C30H41NO3. The van der Waals surface area contributed by atoms with Gasteiger partial charge < -0.3 is 9.64 Å². The minimum atomic E-state index is -0.487. The summed E-state index contributed by atoms with van der Waals surface area (Å²) in [5.41, 5.74) is 6.06. The molecule has 2 aromatic rings. The van der Waals surface area contributed by atoms with E-state index in [1.54, 1.807) is 4.90 Å². The van der Waals surface area contributed by atoms with Gasteiger partial charge >= 0.3 is 5.97 Å². The lowest BCUT2D eigenvalue weighted by Gasteiger charge is -2.36. The van der Waals surface area contributed by atoms with Gasteiger partial charge in [-0.15, -0.1) is 0 Å². The zero-order valence-corrected chi connectivity index (χ0v) is 21.8. The number of hydrogen-bond donors (Lipinski definition) is 0. The van der Waals surface area contributed by atoms with Crippen molar-refractivity contribution in [2.45, 2.75) is 92.2 Å². The summed E-state index contributed by atoms with van der Waals surface area (Å²) >= 11 is 0. The van der Waals surface area contributed by atoms with Gasteiger partial charge in [-0.25, -0.2) is 4.79 Å². The molecule has 34 heavy (non-hydrogen) atoms. The average Bonchev–Trinajstić information content (AvgIpc) is 2.79. The molecule has 4 heteroatoms. The van der Waals surface area contributed by atoms with Crippen LogP contribution < -0.4 is 0 Å². The van der Waals surface area contributed by atoms with Gasteiger partial charge in [0.05, 0.1) is 0 Å². The molecule has 184 valence electrons. The highest BCUT2D eigenvalue weighted by molar-refractivity contribution is 5.85. The fourth-order valence-electron chi connectivity index (χ4n) is 4.78. The number of ether oxygens (including phenoxy) is 1. The largest absolute Gasteiger partial charge is 0.456 e. The molecule has 0 aromatic heterocycles. The molecule has 2 atom stereocenters. The molecule has 0 N–H and O–H groups in total. The summed E-state index contributed by atoms with van der Waals surface area (Å²) in [5, 5.41) is 0. The molecule has 2 aromatic carbocycles. The number of piperidine rings is 1. The first-order chi connectivity index (χ1) is 16.0. The Morgan fingerprint density at radius 1 is 1.03 bits per heavy atom. The van der Waals surface area contributed by atoms with Crippen molar-refractivity contribution in [1.29, 1.82) is 0 Å². The van der Waals surface area contributed by atoms with Gasteiger partial charge in [0.25, 0.3) is 0 Å². The van der Waals surface area contributed by atoms with Crippen LogP contribution in [0.5, 0.6) is 0 Å². The van der Waals surface area contributed by atoms with Crippen LogP contribution in [-0.2, 0) is 20.7 Å². The Hall–Kier alpha value is -2.62. The second-order valence-electron chi connectivity index (χ2n) is 11.1. The van der Waals surface area contributed by atoms with Crippen molar-refractivity contribution in [3.05, 3.63) is 70.3 Å². The highest BCUT2D eigenvalue weighted by atomic mass is 16.5. The third-order valence-corrected chi connectivity index (χ3v) is 6.89. The van der Waals surface area contributed by atoms with E-state index in [4.69, 9.17) is 4.74 Å². The lowest BCUT2D eigenvalue weighted by Crippen LogP contribution is -2.49. The first kappa shape index (κ1) is 26.0. The maximum absolute atomic E-state index is 13.4. The number of hydrogen-bond acceptors (Lipinski definition) is 3. The molecule has 1 saturated heterocycles. The van der Waals surface area contributed by atoms with Crippen molar-refractivity contribution >= 4 is 11.9 Å². The average molecular weight is 464 g/mol. The highest BCUT2D eigenvalue weighted by Crippen LogP contribution is 2.29. The number of esters is 1. The standard InChI is InChI=1S/C30H41NO3/c1-21-18-24(19-22(2)23(21)3)15-16-27(25-12-8-7-9-13-25)34-29(33)26-14-10-11-17-31(26)28(32)20-30(4,5)6/h7-9,12-13,18-19,26-27H,10-11,14-17,20H2,1-6H3/t26?,27-/m1/s1. The van der Waals surface area contributed by atoms with Gasteiger partial charge in [0.1, 0.15) is 12.1 Å². The predicted molar refractivity (Wildman–Crippen MR) is 138 cm³/mol. The van der Waals surface area contributed by atoms with Crippen LogP contribution in [0.4, 0.5) is 0 Å². The summed E-state index contributed by atoms with van der Waals surface area (Å²) in [6.07, 6.45) is 4.19. The molecule has 0 aliphatic carbocycles. The summed E-state index contributed by atoms with van der Waals surface area (Å²) in [7, 11) is 0. The van der Waals surface area contributed by atoms with E-state index < -0.39 is 6.04 Å². The molecule has 0 saturated carbocycles. The van der Waals surface area contributed by atoms with Gasteiger partial charge in [-0.3, -0.25) is 4.79 Å². The van der Waals surface area contributed by atoms with Gasteiger partial charge in [-0.2, -0.15) is 0 Å². The van der Waals surface area contributed by atoms with Gasteiger partial charge in [-0.05, 0) is 86.1 Å². The molecular weight excluding hydrogens is 422 g/mol. The summed E-state index contributed by atoms with van der Waals surface area (Å²) in [5.74, 6) is -0.219. The molecule has 3 rings (SSSR count). The summed E-state index contributed by atoms with van der Waals surface area (Å²) in [6.45, 7) is 13.2. The molecule has 1 aliphatic heterocycles. The number of nitrogens with zero attached hydrogens (tertiary/aromatic N) is 1. The number of amides is 1. The molecule has 0 radical (unpaired) electrons. The van der Waals surface area contributed by atoms with Crippen LogP contribution in [0.15, 0.2) is 42.5 Å². The minimum absolute atomic E-state index is 0.0519. The van der Waals surface area contributed by atoms with Crippen LogP contribution in [-0.4, -0.2) is 29.4 Å². The lowest BCUT2D eigenvalue weighted by molar-refractivity contribution is -0.162. The van der Waals surface area contributed by atoms with Crippen LogP contribution in [0.1, 0.15) is 86.8 Å². The zero-order valence-electron chi connectivity index (χ0n) is 21.8. The van der Waals surface area contributed by atoms with Gasteiger partial charge in [0.2, 0.25) is 5.91 Å². The number of aryl methyl sites for hydroxylation is 3. The fraction of sp³-hybridized carbons (Fsp3) is 0.533. The van der Waals surface area contributed by atoms with Crippen LogP contribution in [0, 0.1) is 26.2 Å². The highest BCUT2D eigenvalue weighted by Gasteiger charge is 2.35. The van der Waals surface area contributed by atoms with E-state index in [0.29, 0.717) is 25.8 Å². The summed E-state index contributed by atoms with van der Waals surface area (Å²) in [4.78, 5) is 28.2. The second-order valence-corrected chi connectivity index (χ2v) is 11.1. The molecule has 0 spiro atoms. The summed E-state index contributed by atoms with van der Waals surface area (Å²) < 4.78 is 6.16. The van der Waals surface area contributed by atoms with Crippen LogP contribution in [0.25, 0.3) is 0 Å². The van der Waals surface area contributed by atoms with E-state index in [-0.39, 0.29) is 23.4 Å². The molecule has 0 bridgehead atoms. The Balaban J connectivity index is 1.76. The van der Waals surface area contributed by atoms with Crippen molar-refractivity contribution in [2.75, 3.05) is 6.54 Å². The molecule has 4 nitrogen and oxygen atoms in total. The maximum Gasteiger partial charge on any atom is 0.329 e. The Kier molecular flexibility index (Phi) is 8.57. The first-order valence-electron chi connectivity index (χ1n) is 12.7. The lowest BCUT2D eigenvalue weighted by atomic mass is 9.90. The molecule has 1 amide bonds. The van der Waals surface area contributed by atoms with Crippen LogP contribution in [0.3, 0.4) is 0 Å². The smallest absolute Gasteiger partial charge is 0.329 e. The molecule has 1 heterocycles. The van der Waals surface area contributed by atoms with E-state index >= 15 is 0 Å². The van der Waals surface area contributed by atoms with E-state index in [2.05, 4.69) is 53.7 Å². The Bertz CT molecular complexity index is 967. The third-order valence-electron chi connectivity index (χ3n) is 6.89. The number of carbonyl (C=O) groups is 2. The monoisotopic (exact) mass is 463 g/mol. The molecule has 1 aliphatic rings. The van der Waals surface area contributed by atoms with Gasteiger partial charge in [-0.1, -0.05) is 63.2 Å². The number of likely N-dealkylation sites (tertiary alicyclic amines) is 1. The second kappa shape index (κ2) is 11.2. The SMILES string of the molecule is Cc1cc(CC[C@@H](OC(=O)C2CCCCN2C(=O)CC(C)(C)C)c2ccccc2)cc(C)c1C. The van der Waals surface area contributed by atoms with Crippen LogP contribution >= 0.6 is 0 Å². The minimum Gasteiger partial charge on any atom is -0.456 e. The number of carbonyl (C=O) groups excluding carboxylic acids is 2. The van der Waals surface area contributed by atoms with E-state index in [1.807, 2.05) is 30.3 Å². The third kappa shape index (κ3) is 6.94. The topological polar surface area (TPSA) is 46.6 Å². The van der Waals surface area contributed by atoms with E-state index in [9.17, 15) is 9.59 Å². The fourth-order valence-corrected chi connectivity index (χ4v) is 4.78. The van der Waals surface area contributed by atoms with E-state index in [0.717, 1.165) is 24.8 Å². The summed E-state index contributed by atoms with van der Waals surface area (Å²) in [6, 6.07) is 14.0. The Labute approximate surface area is 205 Å². The Morgan fingerprint density at radius 3 is 2.29 bits per heavy atom. The number of benzene rings is 2. The number of rotatable bonds is 7. The van der Waals surface area contributed by atoms with Crippen LogP contribution in [0.2, 0.25) is 0 Å². The molecule has 1 unspecified atom stereocenters. The van der Waals surface area contributed by atoms with Gasteiger partial charge in [0, 0.05) is 13.0 Å². The first-order valence-corrected chi connectivity index (χ1v) is 12.7. The van der Waals surface area contributed by atoms with Crippen molar-refractivity contribution in [3.63, 3.8) is 0 Å². The zero-order chi connectivity index (χ0) is 24.9. The van der Waals surface area contributed by atoms with E-state index in [1.165, 1.54) is 22.3 Å². The van der Waals surface area contributed by atoms with Crippen molar-refractivity contribution in [1.82, 2.24) is 4.90 Å². The normalized spacial score (nSPS) is 17.4. The Morgan fingerprint density at radius 2 is 1.68 bits per heavy atom. The van der Waals surface area contributed by atoms with Crippen molar-refractivity contribution < 1.29 is 14.3 Å². The maximum atomic E-state index is 13.4.